The average molecular weight is 291 g/mol. The van der Waals surface area contributed by atoms with E-state index < -0.39 is 0 Å². The summed E-state index contributed by atoms with van der Waals surface area (Å²) in [5.41, 5.74) is 1.48. The molecule has 0 saturated heterocycles. The number of hydrogen-bond donors (Lipinski definition) is 1. The zero-order valence-electron chi connectivity index (χ0n) is 11.4. The van der Waals surface area contributed by atoms with Crippen LogP contribution in [0.1, 0.15) is 52.6 Å². The Labute approximate surface area is 121 Å². The molecule has 0 unspecified atom stereocenters. The first-order valence-corrected chi connectivity index (χ1v) is 7.80. The molecule has 2 heterocycles. The number of oxazole rings is 1. The van der Waals surface area contributed by atoms with Crippen LogP contribution in [0.4, 0.5) is 0 Å². The highest BCUT2D eigenvalue weighted by molar-refractivity contribution is 7.09. The van der Waals surface area contributed by atoms with E-state index in [9.17, 15) is 4.79 Å². The number of carbonyl (C=O) groups is 1. The minimum atomic E-state index is -0.147. The van der Waals surface area contributed by atoms with Gasteiger partial charge in [-0.15, -0.1) is 11.3 Å². The van der Waals surface area contributed by atoms with Crippen LogP contribution in [0.25, 0.3) is 0 Å². The summed E-state index contributed by atoms with van der Waals surface area (Å²) >= 11 is 1.67. The molecule has 1 fully saturated rings. The predicted octanol–water partition coefficient (Wildman–Crippen LogP) is 2.54. The van der Waals surface area contributed by atoms with Gasteiger partial charge in [-0.25, -0.2) is 9.97 Å². The highest BCUT2D eigenvalue weighted by Gasteiger charge is 2.32. The number of rotatable bonds is 6. The molecule has 0 atom stereocenters. The van der Waals surface area contributed by atoms with E-state index in [4.69, 9.17) is 4.42 Å². The summed E-state index contributed by atoms with van der Waals surface area (Å²) < 4.78 is 5.31. The second-order valence-corrected chi connectivity index (χ2v) is 5.87. The summed E-state index contributed by atoms with van der Waals surface area (Å²) in [5.74, 6) is 0.986. The maximum absolute atomic E-state index is 12.1. The lowest BCUT2D eigenvalue weighted by molar-refractivity contribution is 0.0947. The average Bonchev–Trinajstić information content (AvgIpc) is 3.02. The van der Waals surface area contributed by atoms with Crippen LogP contribution in [0.15, 0.2) is 16.2 Å². The van der Waals surface area contributed by atoms with E-state index in [0.29, 0.717) is 18.2 Å². The van der Waals surface area contributed by atoms with Crippen molar-refractivity contribution in [3.63, 3.8) is 0 Å². The fourth-order valence-electron chi connectivity index (χ4n) is 2.07. The molecule has 3 rings (SSSR count). The van der Waals surface area contributed by atoms with Gasteiger partial charge in [0.05, 0.1) is 10.7 Å². The van der Waals surface area contributed by atoms with Crippen molar-refractivity contribution >= 4 is 17.2 Å². The fourth-order valence-corrected chi connectivity index (χ4v) is 2.85. The van der Waals surface area contributed by atoms with Gasteiger partial charge < -0.3 is 9.73 Å². The summed E-state index contributed by atoms with van der Waals surface area (Å²) in [7, 11) is 0. The molecule has 5 nitrogen and oxygen atoms in total. The smallest absolute Gasteiger partial charge is 0.273 e. The van der Waals surface area contributed by atoms with Crippen molar-refractivity contribution in [3.8, 4) is 0 Å². The lowest BCUT2D eigenvalue weighted by Gasteiger charge is -2.02. The monoisotopic (exact) mass is 291 g/mol. The first-order valence-electron chi connectivity index (χ1n) is 6.92. The van der Waals surface area contributed by atoms with E-state index >= 15 is 0 Å². The van der Waals surface area contributed by atoms with Crippen molar-refractivity contribution in [2.24, 2.45) is 0 Å². The zero-order valence-corrected chi connectivity index (χ0v) is 12.2. The summed E-state index contributed by atoms with van der Waals surface area (Å²) in [4.78, 5) is 20.6. The number of hydrogen-bond acceptors (Lipinski definition) is 5. The second-order valence-electron chi connectivity index (χ2n) is 4.93. The van der Waals surface area contributed by atoms with E-state index in [1.807, 2.05) is 0 Å². The molecule has 0 spiro atoms. The van der Waals surface area contributed by atoms with Gasteiger partial charge in [0.15, 0.2) is 12.1 Å². The van der Waals surface area contributed by atoms with Crippen molar-refractivity contribution < 1.29 is 9.21 Å². The minimum Gasteiger partial charge on any atom is -0.447 e. The topological polar surface area (TPSA) is 68.0 Å². The maximum atomic E-state index is 12.1. The number of carbonyl (C=O) groups excluding carboxylic acids is 1. The highest BCUT2D eigenvalue weighted by Crippen LogP contribution is 2.41. The van der Waals surface area contributed by atoms with E-state index in [2.05, 4.69) is 27.6 Å². The molecule has 1 aliphatic rings. The van der Waals surface area contributed by atoms with Gasteiger partial charge in [-0.05, 0) is 19.3 Å². The van der Waals surface area contributed by atoms with Crippen molar-refractivity contribution in [1.29, 1.82) is 0 Å². The quantitative estimate of drug-likeness (QED) is 0.888. The third-order valence-corrected chi connectivity index (χ3v) is 4.37. The minimum absolute atomic E-state index is 0.147. The lowest BCUT2D eigenvalue weighted by Crippen LogP contribution is -2.26. The molecule has 2 aromatic heterocycles. The van der Waals surface area contributed by atoms with E-state index in [-0.39, 0.29) is 5.91 Å². The van der Waals surface area contributed by atoms with Crippen molar-refractivity contribution in [3.05, 3.63) is 33.9 Å². The zero-order chi connectivity index (χ0) is 13.9. The molecule has 0 aliphatic heterocycles. The van der Waals surface area contributed by atoms with Crippen molar-refractivity contribution in [2.45, 2.75) is 38.5 Å². The molecule has 20 heavy (non-hydrogen) atoms. The molecule has 0 radical (unpaired) electrons. The molecule has 6 heteroatoms. The van der Waals surface area contributed by atoms with Gasteiger partial charge in [-0.3, -0.25) is 4.79 Å². The van der Waals surface area contributed by atoms with Gasteiger partial charge in [0.25, 0.3) is 5.91 Å². The van der Waals surface area contributed by atoms with E-state index in [0.717, 1.165) is 42.1 Å². The summed E-state index contributed by atoms with van der Waals surface area (Å²) in [6.45, 7) is 2.66. The van der Waals surface area contributed by atoms with Crippen LogP contribution in [-0.2, 0) is 12.8 Å². The number of thiazole rings is 1. The fraction of sp³-hybridized carbons (Fsp3) is 0.500. The van der Waals surface area contributed by atoms with Gasteiger partial charge in [-0.1, -0.05) is 6.92 Å². The van der Waals surface area contributed by atoms with Crippen molar-refractivity contribution in [2.75, 3.05) is 6.54 Å². The van der Waals surface area contributed by atoms with Crippen LogP contribution < -0.4 is 5.32 Å². The van der Waals surface area contributed by atoms with Crippen LogP contribution >= 0.6 is 11.3 Å². The van der Waals surface area contributed by atoms with Gasteiger partial charge in [-0.2, -0.15) is 0 Å². The summed E-state index contributed by atoms with van der Waals surface area (Å²) in [6, 6.07) is 0. The third kappa shape index (κ3) is 2.90. The molecular weight excluding hydrogens is 274 g/mol. The number of amides is 1. The van der Waals surface area contributed by atoms with Gasteiger partial charge >= 0.3 is 0 Å². The van der Waals surface area contributed by atoms with Crippen LogP contribution in [0.3, 0.4) is 0 Å². The number of aromatic nitrogens is 2. The van der Waals surface area contributed by atoms with Gasteiger partial charge in [0.2, 0.25) is 0 Å². The van der Waals surface area contributed by atoms with E-state index in [1.54, 1.807) is 11.3 Å². The summed E-state index contributed by atoms with van der Waals surface area (Å²) in [5, 5.41) is 6.08. The molecule has 1 amide bonds. The molecule has 2 aromatic rings. The molecule has 0 aromatic carbocycles. The Morgan fingerprint density at radius 3 is 3.10 bits per heavy atom. The van der Waals surface area contributed by atoms with Crippen molar-refractivity contribution in [1.82, 2.24) is 15.3 Å². The molecule has 0 bridgehead atoms. The molecule has 1 N–H and O–H groups in total. The molecule has 1 aliphatic carbocycles. The second kappa shape index (κ2) is 5.75. The lowest BCUT2D eigenvalue weighted by atomic mass is 10.2. The Balaban J connectivity index is 1.52. The van der Waals surface area contributed by atoms with Crippen LogP contribution in [0, 0.1) is 0 Å². The van der Waals surface area contributed by atoms with Gasteiger partial charge in [0, 0.05) is 24.3 Å². The SMILES string of the molecule is CCc1nc(CCNC(=O)c2ncoc2C2CC2)cs1. The Kier molecular flexibility index (Phi) is 3.82. The van der Waals surface area contributed by atoms with Crippen LogP contribution in [0.2, 0.25) is 0 Å². The molecular formula is C14H17N3O2S. The molecule has 106 valence electrons. The van der Waals surface area contributed by atoms with Crippen LogP contribution in [-0.4, -0.2) is 22.4 Å². The Morgan fingerprint density at radius 1 is 1.55 bits per heavy atom. The first kappa shape index (κ1) is 13.3. The number of nitrogens with one attached hydrogen (secondary N) is 1. The van der Waals surface area contributed by atoms with Gasteiger partial charge in [0.1, 0.15) is 5.76 Å². The normalized spacial score (nSPS) is 14.4. The Morgan fingerprint density at radius 2 is 2.40 bits per heavy atom. The third-order valence-electron chi connectivity index (χ3n) is 3.33. The Hall–Kier alpha value is -1.69. The number of nitrogens with zero attached hydrogens (tertiary/aromatic N) is 2. The first-order chi connectivity index (χ1) is 9.78. The molecule has 1 saturated carbocycles. The van der Waals surface area contributed by atoms with E-state index in [1.165, 1.54) is 6.39 Å². The standard InChI is InChI=1S/C14H17N3O2S/c1-2-11-17-10(7-20-11)5-6-15-14(18)12-13(9-3-4-9)19-8-16-12/h7-9H,2-6H2,1H3,(H,15,18). The largest absolute Gasteiger partial charge is 0.447 e. The Bertz CT molecular complexity index is 601. The predicted molar refractivity (Wildman–Crippen MR) is 76.0 cm³/mol. The summed E-state index contributed by atoms with van der Waals surface area (Å²) in [6.07, 6.45) is 5.25. The highest BCUT2D eigenvalue weighted by atomic mass is 32.1. The van der Waals surface area contributed by atoms with Crippen LogP contribution in [0.5, 0.6) is 0 Å². The number of aryl methyl sites for hydroxylation is 1. The maximum Gasteiger partial charge on any atom is 0.273 e.